The molecule has 0 aliphatic heterocycles. The fraction of sp³-hybridized carbons (Fsp3) is 0.533. The maximum absolute atomic E-state index is 11.5. The van der Waals surface area contributed by atoms with Gasteiger partial charge in [0.2, 0.25) is 0 Å². The summed E-state index contributed by atoms with van der Waals surface area (Å²) in [7, 11) is 0. The van der Waals surface area contributed by atoms with Gasteiger partial charge in [-0.1, -0.05) is 32.3 Å². The lowest BCUT2D eigenvalue weighted by Crippen LogP contribution is -2.08. The molecule has 106 valence electrons. The molecule has 0 radical (unpaired) electrons. The lowest BCUT2D eigenvalue weighted by Gasteiger charge is -2.08. The molecule has 0 atom stereocenters. The molecule has 4 heteroatoms. The molecule has 1 aromatic carbocycles. The van der Waals surface area contributed by atoms with Crippen LogP contribution in [-0.4, -0.2) is 12.6 Å². The quantitative estimate of drug-likeness (QED) is 0.430. The minimum atomic E-state index is -0.120. The number of anilines is 2. The van der Waals surface area contributed by atoms with Crippen LogP contribution in [0.15, 0.2) is 18.2 Å². The zero-order chi connectivity index (χ0) is 14.1. The van der Waals surface area contributed by atoms with Gasteiger partial charge in [-0.2, -0.15) is 0 Å². The van der Waals surface area contributed by atoms with Gasteiger partial charge in [0.25, 0.3) is 0 Å². The van der Waals surface area contributed by atoms with E-state index in [-0.39, 0.29) is 5.97 Å². The molecule has 4 N–H and O–H groups in total. The average Bonchev–Trinajstić information content (AvgIpc) is 2.37. The van der Waals surface area contributed by atoms with Crippen LogP contribution < -0.4 is 11.5 Å². The molecular formula is C15H24N2O2. The van der Waals surface area contributed by atoms with Gasteiger partial charge < -0.3 is 16.2 Å². The van der Waals surface area contributed by atoms with Crippen molar-refractivity contribution >= 4 is 17.3 Å². The first-order valence-electron chi connectivity index (χ1n) is 6.93. The standard InChI is InChI=1S/C15H24N2O2/c1-2-3-4-5-6-15(18)19-10-9-12-7-8-13(16)11-14(12)17/h7-8,11H,2-6,9-10,16-17H2,1H3. The number of ether oxygens (including phenoxy) is 1. The SMILES string of the molecule is CCCCCCC(=O)OCCc1ccc(N)cc1N. The predicted octanol–water partition coefficient (Wildman–Crippen LogP) is 2.91. The number of benzene rings is 1. The van der Waals surface area contributed by atoms with Crippen LogP contribution in [-0.2, 0) is 16.0 Å². The molecule has 0 saturated carbocycles. The Kier molecular flexibility index (Phi) is 6.79. The number of nitrogen functional groups attached to an aromatic ring is 2. The number of hydrogen-bond donors (Lipinski definition) is 2. The van der Waals surface area contributed by atoms with Crippen molar-refractivity contribution < 1.29 is 9.53 Å². The van der Waals surface area contributed by atoms with Gasteiger partial charge >= 0.3 is 5.97 Å². The number of carbonyl (C=O) groups excluding carboxylic acids is 1. The van der Waals surface area contributed by atoms with Crippen LogP contribution in [0.3, 0.4) is 0 Å². The first kappa shape index (κ1) is 15.3. The van der Waals surface area contributed by atoms with E-state index in [0.717, 1.165) is 18.4 Å². The van der Waals surface area contributed by atoms with E-state index in [0.29, 0.717) is 30.8 Å². The molecule has 0 aromatic heterocycles. The van der Waals surface area contributed by atoms with E-state index in [4.69, 9.17) is 16.2 Å². The van der Waals surface area contributed by atoms with E-state index < -0.39 is 0 Å². The molecule has 0 bridgehead atoms. The van der Waals surface area contributed by atoms with E-state index in [1.807, 2.05) is 6.07 Å². The smallest absolute Gasteiger partial charge is 0.305 e. The first-order chi connectivity index (χ1) is 9.13. The van der Waals surface area contributed by atoms with Gasteiger partial charge in [-0.05, 0) is 24.1 Å². The maximum atomic E-state index is 11.5. The van der Waals surface area contributed by atoms with Crippen LogP contribution in [0.2, 0.25) is 0 Å². The van der Waals surface area contributed by atoms with Crippen LogP contribution in [0.1, 0.15) is 44.6 Å². The molecule has 1 rings (SSSR count). The summed E-state index contributed by atoms with van der Waals surface area (Å²) < 4.78 is 5.19. The highest BCUT2D eigenvalue weighted by atomic mass is 16.5. The molecule has 0 amide bonds. The highest BCUT2D eigenvalue weighted by Gasteiger charge is 2.04. The molecule has 0 aliphatic carbocycles. The average molecular weight is 264 g/mol. The third kappa shape index (κ3) is 6.13. The fourth-order valence-electron chi connectivity index (χ4n) is 1.88. The van der Waals surface area contributed by atoms with Gasteiger partial charge in [-0.25, -0.2) is 0 Å². The van der Waals surface area contributed by atoms with Crippen LogP contribution >= 0.6 is 0 Å². The highest BCUT2D eigenvalue weighted by molar-refractivity contribution is 5.69. The molecule has 0 unspecified atom stereocenters. The van der Waals surface area contributed by atoms with Crippen molar-refractivity contribution in [2.24, 2.45) is 0 Å². The van der Waals surface area contributed by atoms with E-state index in [2.05, 4.69) is 6.92 Å². The van der Waals surface area contributed by atoms with Crippen LogP contribution in [0.5, 0.6) is 0 Å². The summed E-state index contributed by atoms with van der Waals surface area (Å²) in [5, 5.41) is 0. The number of carbonyl (C=O) groups is 1. The van der Waals surface area contributed by atoms with Gasteiger partial charge in [0, 0.05) is 24.2 Å². The Bertz CT molecular complexity index is 405. The predicted molar refractivity (Wildman–Crippen MR) is 78.7 cm³/mol. The van der Waals surface area contributed by atoms with Crippen molar-refractivity contribution in [3.05, 3.63) is 23.8 Å². The van der Waals surface area contributed by atoms with Gasteiger partial charge in [0.1, 0.15) is 0 Å². The van der Waals surface area contributed by atoms with Gasteiger partial charge in [-0.15, -0.1) is 0 Å². The van der Waals surface area contributed by atoms with E-state index in [1.165, 1.54) is 12.8 Å². The number of rotatable bonds is 8. The fourth-order valence-corrected chi connectivity index (χ4v) is 1.88. The zero-order valence-electron chi connectivity index (χ0n) is 11.7. The maximum Gasteiger partial charge on any atom is 0.305 e. The van der Waals surface area contributed by atoms with Crippen LogP contribution in [0.4, 0.5) is 11.4 Å². The topological polar surface area (TPSA) is 78.3 Å². The second-order valence-electron chi connectivity index (χ2n) is 4.74. The summed E-state index contributed by atoms with van der Waals surface area (Å²) in [5.41, 5.74) is 13.7. The van der Waals surface area contributed by atoms with Crippen LogP contribution in [0.25, 0.3) is 0 Å². The second kappa shape index (κ2) is 8.40. The lowest BCUT2D eigenvalue weighted by molar-refractivity contribution is -0.143. The van der Waals surface area contributed by atoms with Gasteiger partial charge in [-0.3, -0.25) is 4.79 Å². The Labute approximate surface area is 115 Å². The van der Waals surface area contributed by atoms with E-state index in [9.17, 15) is 4.79 Å². The molecule has 0 aliphatic rings. The largest absolute Gasteiger partial charge is 0.465 e. The molecule has 0 heterocycles. The monoisotopic (exact) mass is 264 g/mol. The Morgan fingerprint density at radius 1 is 1.21 bits per heavy atom. The zero-order valence-corrected chi connectivity index (χ0v) is 11.7. The third-order valence-corrected chi connectivity index (χ3v) is 3.04. The highest BCUT2D eigenvalue weighted by Crippen LogP contribution is 2.16. The van der Waals surface area contributed by atoms with E-state index >= 15 is 0 Å². The Balaban J connectivity index is 2.20. The summed E-state index contributed by atoms with van der Waals surface area (Å²) >= 11 is 0. The summed E-state index contributed by atoms with van der Waals surface area (Å²) in [6.07, 6.45) is 5.50. The Morgan fingerprint density at radius 3 is 2.68 bits per heavy atom. The summed E-state index contributed by atoms with van der Waals surface area (Å²) in [4.78, 5) is 11.5. The van der Waals surface area contributed by atoms with Gasteiger partial charge in [0.15, 0.2) is 0 Å². The summed E-state index contributed by atoms with van der Waals surface area (Å²) in [6.45, 7) is 2.52. The Morgan fingerprint density at radius 2 is 2.00 bits per heavy atom. The number of esters is 1. The molecule has 0 fully saturated rings. The Hall–Kier alpha value is -1.71. The molecular weight excluding hydrogens is 240 g/mol. The molecule has 19 heavy (non-hydrogen) atoms. The van der Waals surface area contributed by atoms with E-state index in [1.54, 1.807) is 12.1 Å². The number of hydrogen-bond acceptors (Lipinski definition) is 4. The minimum Gasteiger partial charge on any atom is -0.465 e. The second-order valence-corrected chi connectivity index (χ2v) is 4.74. The third-order valence-electron chi connectivity index (χ3n) is 3.04. The van der Waals surface area contributed by atoms with Crippen molar-refractivity contribution in [3.8, 4) is 0 Å². The molecule has 0 spiro atoms. The normalized spacial score (nSPS) is 10.4. The van der Waals surface area contributed by atoms with Crippen molar-refractivity contribution in [1.29, 1.82) is 0 Å². The molecule has 0 saturated heterocycles. The lowest BCUT2D eigenvalue weighted by atomic mass is 10.1. The van der Waals surface area contributed by atoms with Crippen molar-refractivity contribution in [2.75, 3.05) is 18.1 Å². The first-order valence-corrected chi connectivity index (χ1v) is 6.93. The molecule has 1 aromatic rings. The molecule has 4 nitrogen and oxygen atoms in total. The van der Waals surface area contributed by atoms with Crippen molar-refractivity contribution in [3.63, 3.8) is 0 Å². The summed E-state index contributed by atoms with van der Waals surface area (Å²) in [5.74, 6) is -0.120. The number of nitrogens with two attached hydrogens (primary N) is 2. The van der Waals surface area contributed by atoms with Crippen molar-refractivity contribution in [1.82, 2.24) is 0 Å². The minimum absolute atomic E-state index is 0.120. The van der Waals surface area contributed by atoms with Gasteiger partial charge in [0.05, 0.1) is 6.61 Å². The van der Waals surface area contributed by atoms with Crippen LogP contribution in [0, 0.1) is 0 Å². The van der Waals surface area contributed by atoms with Crippen molar-refractivity contribution in [2.45, 2.75) is 45.4 Å². The summed E-state index contributed by atoms with van der Waals surface area (Å²) in [6, 6.07) is 5.40. The number of unbranched alkanes of at least 4 members (excludes halogenated alkanes) is 3.